The Kier molecular flexibility index (Phi) is 7.14. The van der Waals surface area contributed by atoms with E-state index in [0.29, 0.717) is 43.0 Å². The molecular formula is C21H25BrN2O4. The quantitative estimate of drug-likeness (QED) is 0.651. The van der Waals surface area contributed by atoms with Gasteiger partial charge in [-0.2, -0.15) is 0 Å². The van der Waals surface area contributed by atoms with E-state index in [1.807, 2.05) is 36.1 Å². The summed E-state index contributed by atoms with van der Waals surface area (Å²) >= 11 is 3.19. The molecule has 6 nitrogen and oxygen atoms in total. The number of piperidine rings is 1. The molecule has 2 aromatic rings. The van der Waals surface area contributed by atoms with Crippen LogP contribution < -0.4 is 10.1 Å². The first-order valence-electron chi connectivity index (χ1n) is 9.55. The monoisotopic (exact) mass is 448 g/mol. The molecule has 1 saturated heterocycles. The molecule has 0 unspecified atom stereocenters. The second kappa shape index (κ2) is 9.78. The van der Waals surface area contributed by atoms with E-state index < -0.39 is 0 Å². The summed E-state index contributed by atoms with van der Waals surface area (Å²) in [4.78, 5) is 26.4. The van der Waals surface area contributed by atoms with E-state index in [0.717, 1.165) is 18.6 Å². The highest BCUT2D eigenvalue weighted by Gasteiger charge is 2.24. The van der Waals surface area contributed by atoms with Gasteiger partial charge < -0.3 is 19.4 Å². The first-order valence-corrected chi connectivity index (χ1v) is 10.3. The normalized spacial score (nSPS) is 14.7. The molecule has 0 spiro atoms. The van der Waals surface area contributed by atoms with Crippen LogP contribution in [0.3, 0.4) is 0 Å². The van der Waals surface area contributed by atoms with E-state index in [9.17, 15) is 9.59 Å². The van der Waals surface area contributed by atoms with E-state index in [-0.39, 0.29) is 17.9 Å². The average molecular weight is 449 g/mol. The van der Waals surface area contributed by atoms with Gasteiger partial charge in [0.1, 0.15) is 5.75 Å². The number of carbonyl (C=O) groups excluding carboxylic acids is 2. The smallest absolute Gasteiger partial charge is 0.287 e. The second-order valence-corrected chi connectivity index (χ2v) is 7.78. The van der Waals surface area contributed by atoms with Crippen LogP contribution in [0.5, 0.6) is 5.75 Å². The van der Waals surface area contributed by atoms with Gasteiger partial charge in [0.15, 0.2) is 10.4 Å². The van der Waals surface area contributed by atoms with Crippen molar-refractivity contribution in [2.24, 2.45) is 0 Å². The number of amides is 2. The molecule has 1 N–H and O–H groups in total. The van der Waals surface area contributed by atoms with Crippen LogP contribution in [0.1, 0.15) is 41.8 Å². The Morgan fingerprint density at radius 1 is 1.18 bits per heavy atom. The maximum absolute atomic E-state index is 12.4. The van der Waals surface area contributed by atoms with Crippen molar-refractivity contribution in [2.75, 3.05) is 19.7 Å². The number of hydrogen-bond donors (Lipinski definition) is 1. The maximum Gasteiger partial charge on any atom is 0.287 e. The summed E-state index contributed by atoms with van der Waals surface area (Å²) in [6.07, 6.45) is 2.67. The number of likely N-dealkylation sites (tertiary alicyclic amines) is 1. The Bertz CT molecular complexity index is 795. The van der Waals surface area contributed by atoms with Crippen molar-refractivity contribution in [1.29, 1.82) is 0 Å². The van der Waals surface area contributed by atoms with Crippen molar-refractivity contribution in [3.05, 3.63) is 52.4 Å². The number of carbonyl (C=O) groups is 2. The Morgan fingerprint density at radius 2 is 1.89 bits per heavy atom. The summed E-state index contributed by atoms with van der Waals surface area (Å²) in [5, 5.41) is 2.97. The molecule has 1 fully saturated rings. The van der Waals surface area contributed by atoms with E-state index in [4.69, 9.17) is 9.15 Å². The number of nitrogens with one attached hydrogen (secondary N) is 1. The molecule has 28 heavy (non-hydrogen) atoms. The van der Waals surface area contributed by atoms with E-state index in [1.165, 1.54) is 5.56 Å². The van der Waals surface area contributed by atoms with Gasteiger partial charge in [0.25, 0.3) is 5.91 Å². The standard InChI is InChI=1S/C21H25BrN2O4/c1-15-4-6-17(7-5-15)27-14-2-3-20(25)24-12-10-16(11-13-24)23-21(26)18-8-9-19(22)28-18/h4-9,16H,2-3,10-14H2,1H3,(H,23,26). The minimum Gasteiger partial charge on any atom is -0.494 e. The summed E-state index contributed by atoms with van der Waals surface area (Å²) < 4.78 is 11.5. The zero-order valence-electron chi connectivity index (χ0n) is 15.9. The first kappa shape index (κ1) is 20.5. The Hall–Kier alpha value is -2.28. The summed E-state index contributed by atoms with van der Waals surface area (Å²) in [5.41, 5.74) is 1.19. The molecule has 0 aliphatic carbocycles. The van der Waals surface area contributed by atoms with Gasteiger partial charge in [0.2, 0.25) is 5.91 Å². The molecule has 1 aromatic carbocycles. The van der Waals surface area contributed by atoms with Gasteiger partial charge in [-0.25, -0.2) is 0 Å². The maximum atomic E-state index is 12.4. The van der Waals surface area contributed by atoms with E-state index >= 15 is 0 Å². The molecule has 2 heterocycles. The van der Waals surface area contributed by atoms with Crippen LogP contribution in [-0.2, 0) is 4.79 Å². The van der Waals surface area contributed by atoms with Crippen LogP contribution in [0.25, 0.3) is 0 Å². The fourth-order valence-corrected chi connectivity index (χ4v) is 3.48. The highest BCUT2D eigenvalue weighted by molar-refractivity contribution is 9.10. The van der Waals surface area contributed by atoms with E-state index in [2.05, 4.69) is 21.2 Å². The summed E-state index contributed by atoms with van der Waals surface area (Å²) in [6.45, 7) is 3.88. The number of halogens is 1. The minimum absolute atomic E-state index is 0.0605. The Morgan fingerprint density at radius 3 is 2.54 bits per heavy atom. The van der Waals surface area contributed by atoms with Gasteiger partial charge in [-0.3, -0.25) is 9.59 Å². The molecule has 150 valence electrons. The number of rotatable bonds is 7. The summed E-state index contributed by atoms with van der Waals surface area (Å²) in [6, 6.07) is 11.3. The molecule has 0 bridgehead atoms. The van der Waals surface area contributed by atoms with Gasteiger partial charge in [-0.05, 0) is 66.4 Å². The molecule has 1 aliphatic heterocycles. The Balaban J connectivity index is 1.33. The lowest BCUT2D eigenvalue weighted by Gasteiger charge is -2.32. The summed E-state index contributed by atoms with van der Waals surface area (Å²) in [5.74, 6) is 1.05. The van der Waals surface area contributed by atoms with Gasteiger partial charge in [-0.1, -0.05) is 17.7 Å². The second-order valence-electron chi connectivity index (χ2n) is 7.00. The molecule has 0 saturated carbocycles. The van der Waals surface area contributed by atoms with Crippen molar-refractivity contribution < 1.29 is 18.7 Å². The Labute approximate surface area is 173 Å². The van der Waals surface area contributed by atoms with Gasteiger partial charge in [-0.15, -0.1) is 0 Å². The number of hydrogen-bond acceptors (Lipinski definition) is 4. The lowest BCUT2D eigenvalue weighted by Crippen LogP contribution is -2.46. The molecule has 1 aliphatic rings. The number of ether oxygens (including phenoxy) is 1. The molecule has 1 aromatic heterocycles. The average Bonchev–Trinajstić information content (AvgIpc) is 3.13. The third-order valence-corrected chi connectivity index (χ3v) is 5.23. The summed E-state index contributed by atoms with van der Waals surface area (Å²) in [7, 11) is 0. The van der Waals surface area contributed by atoms with Gasteiger partial charge in [0, 0.05) is 25.6 Å². The fourth-order valence-electron chi connectivity index (χ4n) is 3.17. The molecule has 0 atom stereocenters. The predicted molar refractivity (Wildman–Crippen MR) is 109 cm³/mol. The zero-order valence-corrected chi connectivity index (χ0v) is 17.5. The zero-order chi connectivity index (χ0) is 19.9. The van der Waals surface area contributed by atoms with Crippen molar-refractivity contribution in [3.8, 4) is 5.75 Å². The number of aryl methyl sites for hydroxylation is 1. The highest BCUT2D eigenvalue weighted by Crippen LogP contribution is 2.17. The minimum atomic E-state index is -0.219. The molecular weight excluding hydrogens is 424 g/mol. The van der Waals surface area contributed by atoms with Crippen LogP contribution in [0.2, 0.25) is 0 Å². The third kappa shape index (κ3) is 5.86. The molecule has 0 radical (unpaired) electrons. The lowest BCUT2D eigenvalue weighted by molar-refractivity contribution is -0.132. The highest BCUT2D eigenvalue weighted by atomic mass is 79.9. The van der Waals surface area contributed by atoms with Crippen LogP contribution in [0, 0.1) is 6.92 Å². The molecule has 7 heteroatoms. The third-order valence-electron chi connectivity index (χ3n) is 4.80. The van der Waals surface area contributed by atoms with Crippen LogP contribution in [0.4, 0.5) is 0 Å². The van der Waals surface area contributed by atoms with Crippen LogP contribution >= 0.6 is 15.9 Å². The number of furan rings is 1. The van der Waals surface area contributed by atoms with Crippen molar-refractivity contribution in [1.82, 2.24) is 10.2 Å². The molecule has 2 amide bonds. The lowest BCUT2D eigenvalue weighted by atomic mass is 10.0. The van der Waals surface area contributed by atoms with Gasteiger partial charge in [0.05, 0.1) is 6.61 Å². The van der Waals surface area contributed by atoms with Gasteiger partial charge >= 0.3 is 0 Å². The largest absolute Gasteiger partial charge is 0.494 e. The first-order chi connectivity index (χ1) is 13.5. The van der Waals surface area contributed by atoms with Crippen LogP contribution in [-0.4, -0.2) is 42.5 Å². The fraction of sp³-hybridized carbons (Fsp3) is 0.429. The number of benzene rings is 1. The SMILES string of the molecule is Cc1ccc(OCCCC(=O)N2CCC(NC(=O)c3ccc(Br)o3)CC2)cc1. The van der Waals surface area contributed by atoms with Crippen LogP contribution in [0.15, 0.2) is 45.5 Å². The van der Waals surface area contributed by atoms with Crippen molar-refractivity contribution in [2.45, 2.75) is 38.6 Å². The van der Waals surface area contributed by atoms with E-state index in [1.54, 1.807) is 12.1 Å². The topological polar surface area (TPSA) is 71.8 Å². The van der Waals surface area contributed by atoms with Crippen molar-refractivity contribution >= 4 is 27.7 Å². The van der Waals surface area contributed by atoms with Crippen molar-refractivity contribution in [3.63, 3.8) is 0 Å². The molecule has 3 rings (SSSR count). The number of nitrogens with zero attached hydrogens (tertiary/aromatic N) is 1. The predicted octanol–water partition coefficient (Wildman–Crippen LogP) is 3.93.